The topological polar surface area (TPSA) is 85.9 Å². The van der Waals surface area contributed by atoms with E-state index in [1.807, 2.05) is 0 Å². The maximum atomic E-state index is 12.7. The van der Waals surface area contributed by atoms with Crippen LogP contribution in [0.4, 0.5) is 19.1 Å². The van der Waals surface area contributed by atoms with Gasteiger partial charge in [0, 0.05) is 4.37 Å². The molecule has 0 saturated carbocycles. The number of benzene rings is 1. The summed E-state index contributed by atoms with van der Waals surface area (Å²) in [6.45, 7) is 0. The molecular formula is C10H9F3N3O2S2+. The van der Waals surface area contributed by atoms with Gasteiger partial charge in [-0.05, 0) is 18.2 Å². The number of hydrogen-bond donors (Lipinski definition) is 1. The predicted molar refractivity (Wildman–Crippen MR) is 69.6 cm³/mol. The minimum absolute atomic E-state index is 0.0396. The van der Waals surface area contributed by atoms with E-state index in [1.165, 1.54) is 12.1 Å². The largest absolute Gasteiger partial charge is 0.416 e. The van der Waals surface area contributed by atoms with Crippen molar-refractivity contribution in [1.82, 2.24) is 9.36 Å². The van der Waals surface area contributed by atoms with E-state index in [1.54, 1.807) is 0 Å². The lowest BCUT2D eigenvalue weighted by Crippen LogP contribution is -2.04. The monoisotopic (exact) mass is 324 g/mol. The highest BCUT2D eigenvalue weighted by molar-refractivity contribution is 8.38. The van der Waals surface area contributed by atoms with E-state index in [0.717, 1.165) is 18.4 Å². The Balaban J connectivity index is 2.64. The van der Waals surface area contributed by atoms with Gasteiger partial charge in [0.2, 0.25) is 9.70 Å². The Bertz CT molecular complexity index is 753. The molecule has 0 aliphatic carbocycles. The van der Waals surface area contributed by atoms with E-state index in [0.29, 0.717) is 0 Å². The molecule has 0 aliphatic rings. The van der Waals surface area contributed by atoms with Crippen LogP contribution >= 0.6 is 9.70 Å². The number of rotatable bonds is 2. The lowest BCUT2D eigenvalue weighted by atomic mass is 10.1. The fourth-order valence-electron chi connectivity index (χ4n) is 1.50. The first-order chi connectivity index (χ1) is 9.09. The van der Waals surface area contributed by atoms with Crippen LogP contribution in [0.5, 0.6) is 0 Å². The number of nitrogens with zero attached hydrogens (tertiary/aromatic N) is 2. The quantitative estimate of drug-likeness (QED) is 0.677. The predicted octanol–water partition coefficient (Wildman–Crippen LogP) is 2.30. The van der Waals surface area contributed by atoms with Crippen LogP contribution < -0.4 is 5.73 Å². The molecule has 0 spiro atoms. The number of anilines is 1. The summed E-state index contributed by atoms with van der Waals surface area (Å²) in [6.07, 6.45) is -3.59. The van der Waals surface area contributed by atoms with Crippen molar-refractivity contribution in [3.05, 3.63) is 29.8 Å². The maximum absolute atomic E-state index is 12.7. The SMILES string of the molecule is CS(=O)(=O)[s+]1nc(N)nc1-c1cccc(C(F)(F)F)c1. The first-order valence-electron chi connectivity index (χ1n) is 5.14. The molecule has 10 heteroatoms. The summed E-state index contributed by atoms with van der Waals surface area (Å²) >= 11 is 0. The molecule has 108 valence electrons. The summed E-state index contributed by atoms with van der Waals surface area (Å²) < 4.78 is 64.8. The number of alkyl halides is 3. The molecule has 5 nitrogen and oxygen atoms in total. The van der Waals surface area contributed by atoms with Crippen molar-refractivity contribution in [2.45, 2.75) is 6.18 Å². The summed E-state index contributed by atoms with van der Waals surface area (Å²) in [6, 6.07) is 4.24. The number of nitrogens with two attached hydrogens (primary N) is 1. The Morgan fingerprint density at radius 3 is 2.50 bits per heavy atom. The van der Waals surface area contributed by atoms with Crippen LogP contribution in [0.3, 0.4) is 0 Å². The molecule has 1 heterocycles. The molecule has 0 radical (unpaired) electrons. The fourth-order valence-corrected chi connectivity index (χ4v) is 4.61. The van der Waals surface area contributed by atoms with Gasteiger partial charge in [-0.3, -0.25) is 0 Å². The van der Waals surface area contributed by atoms with Gasteiger partial charge < -0.3 is 5.73 Å². The third kappa shape index (κ3) is 2.90. The Hall–Kier alpha value is -1.68. The van der Waals surface area contributed by atoms with Crippen molar-refractivity contribution in [2.24, 2.45) is 0 Å². The minimum Gasteiger partial charge on any atom is -0.364 e. The zero-order valence-corrected chi connectivity index (χ0v) is 11.7. The summed E-state index contributed by atoms with van der Waals surface area (Å²) in [5.41, 5.74) is 4.51. The molecule has 1 atom stereocenters. The second kappa shape index (κ2) is 4.70. The zero-order chi connectivity index (χ0) is 15.1. The van der Waals surface area contributed by atoms with Gasteiger partial charge in [-0.1, -0.05) is 6.07 Å². The van der Waals surface area contributed by atoms with Crippen molar-refractivity contribution >= 4 is 24.5 Å². The second-order valence-corrected chi connectivity index (χ2v) is 9.14. The van der Waals surface area contributed by atoms with E-state index in [9.17, 15) is 21.6 Å². The smallest absolute Gasteiger partial charge is 0.364 e. The first kappa shape index (κ1) is 14.7. The van der Waals surface area contributed by atoms with E-state index >= 15 is 0 Å². The molecular weight excluding hydrogens is 315 g/mol. The second-order valence-electron chi connectivity index (χ2n) is 3.90. The molecule has 0 amide bonds. The van der Waals surface area contributed by atoms with E-state index in [2.05, 4.69) is 9.36 Å². The van der Waals surface area contributed by atoms with Gasteiger partial charge >= 0.3 is 20.1 Å². The fraction of sp³-hybridized carbons (Fsp3) is 0.200. The van der Waals surface area contributed by atoms with Crippen LogP contribution in [-0.2, 0) is 15.0 Å². The highest BCUT2D eigenvalue weighted by atomic mass is 33.2. The van der Waals surface area contributed by atoms with Crippen LogP contribution in [0, 0.1) is 0 Å². The molecule has 0 bridgehead atoms. The molecule has 0 saturated heterocycles. The lowest BCUT2D eigenvalue weighted by Gasteiger charge is -2.06. The van der Waals surface area contributed by atoms with Crippen LogP contribution in [0.15, 0.2) is 24.3 Å². The Kier molecular flexibility index (Phi) is 3.46. The minimum atomic E-state index is -4.52. The summed E-state index contributed by atoms with van der Waals surface area (Å²) in [7, 11) is -5.31. The van der Waals surface area contributed by atoms with Crippen molar-refractivity contribution in [3.63, 3.8) is 0 Å². The molecule has 2 aromatic rings. The standard InChI is InChI=1S/C10H9F3N3O2S2/c1-20(17,18)19-8(15-9(14)16-19)6-3-2-4-7(5-6)10(11,12)13/h2-5H,1H3,(H2,14,16)/q+1. The number of halogens is 3. The molecule has 1 aromatic heterocycles. The molecule has 2 N–H and O–H groups in total. The normalized spacial score (nSPS) is 13.5. The van der Waals surface area contributed by atoms with Crippen LogP contribution in [0.25, 0.3) is 10.6 Å². The highest BCUT2D eigenvalue weighted by Crippen LogP contribution is 2.38. The van der Waals surface area contributed by atoms with Gasteiger partial charge in [-0.2, -0.15) is 26.6 Å². The van der Waals surface area contributed by atoms with Crippen molar-refractivity contribution in [2.75, 3.05) is 12.0 Å². The lowest BCUT2D eigenvalue weighted by molar-refractivity contribution is -0.137. The van der Waals surface area contributed by atoms with E-state index < -0.39 is 30.3 Å². The van der Waals surface area contributed by atoms with Crippen molar-refractivity contribution < 1.29 is 21.6 Å². The van der Waals surface area contributed by atoms with Crippen molar-refractivity contribution in [1.29, 1.82) is 0 Å². The number of hydrogen-bond acceptors (Lipinski definition) is 5. The van der Waals surface area contributed by atoms with Crippen LogP contribution in [0.1, 0.15) is 5.56 Å². The van der Waals surface area contributed by atoms with Gasteiger partial charge in [0.05, 0.1) is 17.4 Å². The van der Waals surface area contributed by atoms with Gasteiger partial charge in [0.15, 0.2) is 0 Å². The Morgan fingerprint density at radius 1 is 1.30 bits per heavy atom. The maximum Gasteiger partial charge on any atom is 0.416 e. The molecule has 2 rings (SSSR count). The first-order valence-corrected chi connectivity index (χ1v) is 8.73. The molecule has 1 unspecified atom stereocenters. The van der Waals surface area contributed by atoms with Crippen LogP contribution in [-0.4, -0.2) is 24.0 Å². The van der Waals surface area contributed by atoms with Gasteiger partial charge in [0.25, 0.3) is 5.95 Å². The zero-order valence-electron chi connectivity index (χ0n) is 10.0. The third-order valence-electron chi connectivity index (χ3n) is 2.28. The molecule has 1 aromatic carbocycles. The average molecular weight is 324 g/mol. The molecule has 0 aliphatic heterocycles. The van der Waals surface area contributed by atoms with Gasteiger partial charge in [-0.25, -0.2) is 0 Å². The van der Waals surface area contributed by atoms with Gasteiger partial charge in [-0.15, -0.1) is 0 Å². The van der Waals surface area contributed by atoms with E-state index in [-0.39, 0.29) is 16.5 Å². The van der Waals surface area contributed by atoms with Crippen LogP contribution in [0.2, 0.25) is 0 Å². The number of aromatic nitrogens is 2. The summed E-state index contributed by atoms with van der Waals surface area (Å²) in [4.78, 5) is 3.74. The van der Waals surface area contributed by atoms with E-state index in [4.69, 9.17) is 5.73 Å². The Labute approximate surface area is 114 Å². The molecule has 20 heavy (non-hydrogen) atoms. The van der Waals surface area contributed by atoms with Crippen molar-refractivity contribution in [3.8, 4) is 10.6 Å². The molecule has 0 fully saturated rings. The third-order valence-corrected chi connectivity index (χ3v) is 6.28. The Morgan fingerprint density at radius 2 is 1.95 bits per heavy atom. The summed E-state index contributed by atoms with van der Waals surface area (Å²) in [5, 5.41) is -0.0731. The number of nitrogen functional groups attached to an aromatic ring is 1. The summed E-state index contributed by atoms with van der Waals surface area (Å²) in [5.74, 6) is -0.258. The average Bonchev–Trinajstić information content (AvgIpc) is 2.70. The van der Waals surface area contributed by atoms with Gasteiger partial charge in [0.1, 0.15) is 0 Å². The highest BCUT2D eigenvalue weighted by Gasteiger charge is 2.35.